The van der Waals surface area contributed by atoms with Gasteiger partial charge in [0.1, 0.15) is 0 Å². The van der Waals surface area contributed by atoms with Crippen LogP contribution in [0.2, 0.25) is 5.32 Å². The number of rotatable bonds is 7. The van der Waals surface area contributed by atoms with Crippen molar-refractivity contribution in [3.63, 3.8) is 0 Å². The van der Waals surface area contributed by atoms with Gasteiger partial charge in [0.05, 0.1) is 0 Å². The van der Waals surface area contributed by atoms with Crippen molar-refractivity contribution in [3.05, 3.63) is 95.6 Å². The zero-order valence-corrected chi connectivity index (χ0v) is 19.6. The van der Waals surface area contributed by atoms with Crippen molar-refractivity contribution in [2.24, 2.45) is 0 Å². The first kappa shape index (κ1) is 21.0. The van der Waals surface area contributed by atoms with E-state index in [0.717, 1.165) is 17.9 Å². The van der Waals surface area contributed by atoms with Crippen LogP contribution in [0.4, 0.5) is 0 Å². The fourth-order valence-electron chi connectivity index (χ4n) is 4.61. The van der Waals surface area contributed by atoms with Gasteiger partial charge in [-0.1, -0.05) is 0 Å². The second kappa shape index (κ2) is 9.72. The maximum atomic E-state index is 5.64. The quantitative estimate of drug-likeness (QED) is 0.375. The minimum absolute atomic E-state index is 0.278. The molecule has 2 nitrogen and oxygen atoms in total. The molecule has 0 aliphatic carbocycles. The van der Waals surface area contributed by atoms with E-state index in [0.29, 0.717) is 20.9 Å². The molecule has 0 radical (unpaired) electrons. The van der Waals surface area contributed by atoms with Crippen LogP contribution in [0.1, 0.15) is 48.3 Å². The van der Waals surface area contributed by atoms with E-state index in [1.165, 1.54) is 41.3 Å². The molecule has 4 rings (SSSR count). The summed E-state index contributed by atoms with van der Waals surface area (Å²) in [5.74, 6) is 1.91. The number of methoxy groups -OCH3 is 2. The molecule has 0 aromatic heterocycles. The van der Waals surface area contributed by atoms with E-state index < -0.39 is 0 Å². The Labute approximate surface area is 186 Å². The molecular formula is C27H30O2Se. The van der Waals surface area contributed by atoms with Crippen LogP contribution in [0.5, 0.6) is 11.5 Å². The van der Waals surface area contributed by atoms with E-state index in [2.05, 4.69) is 72.8 Å². The van der Waals surface area contributed by atoms with Gasteiger partial charge in [0.15, 0.2) is 0 Å². The molecule has 1 fully saturated rings. The van der Waals surface area contributed by atoms with Crippen molar-refractivity contribution in [1.82, 2.24) is 0 Å². The van der Waals surface area contributed by atoms with Crippen molar-refractivity contribution < 1.29 is 9.47 Å². The summed E-state index contributed by atoms with van der Waals surface area (Å²) < 4.78 is 11.4. The van der Waals surface area contributed by atoms with E-state index >= 15 is 0 Å². The first-order chi connectivity index (χ1) is 14.8. The summed E-state index contributed by atoms with van der Waals surface area (Å²) in [5.41, 5.74) is 4.20. The second-order valence-corrected chi connectivity index (χ2v) is 11.0. The Morgan fingerprint density at radius 1 is 0.800 bits per heavy atom. The number of ether oxygens (including phenoxy) is 2. The van der Waals surface area contributed by atoms with E-state index in [4.69, 9.17) is 9.47 Å². The summed E-state index contributed by atoms with van der Waals surface area (Å²) in [4.78, 5) is 0. The van der Waals surface area contributed by atoms with Crippen LogP contribution in [0.3, 0.4) is 0 Å². The van der Waals surface area contributed by atoms with E-state index in [9.17, 15) is 0 Å². The molecule has 3 aromatic rings. The van der Waals surface area contributed by atoms with Crippen LogP contribution < -0.4 is 9.47 Å². The Kier molecular flexibility index (Phi) is 6.82. The van der Waals surface area contributed by atoms with Crippen molar-refractivity contribution >= 4 is 15.0 Å². The molecule has 0 saturated carbocycles. The fraction of sp³-hybridized carbons (Fsp3) is 0.333. The van der Waals surface area contributed by atoms with Crippen molar-refractivity contribution in [2.75, 3.05) is 14.2 Å². The number of benzene rings is 3. The molecule has 0 N–H and O–H groups in total. The number of hydrogen-bond donors (Lipinski definition) is 0. The van der Waals surface area contributed by atoms with Gasteiger partial charge in [-0.25, -0.2) is 0 Å². The third kappa shape index (κ3) is 4.43. The van der Waals surface area contributed by atoms with Gasteiger partial charge in [-0.15, -0.1) is 0 Å². The molecule has 0 spiro atoms. The molecular weight excluding hydrogens is 435 g/mol. The molecule has 30 heavy (non-hydrogen) atoms. The van der Waals surface area contributed by atoms with Gasteiger partial charge < -0.3 is 0 Å². The van der Waals surface area contributed by atoms with Crippen LogP contribution in [-0.2, 0) is 4.31 Å². The summed E-state index contributed by atoms with van der Waals surface area (Å²) in [6.07, 6.45) is 5.12. The van der Waals surface area contributed by atoms with Gasteiger partial charge in [0.2, 0.25) is 0 Å². The van der Waals surface area contributed by atoms with Gasteiger partial charge in [-0.2, -0.15) is 0 Å². The molecule has 1 saturated heterocycles. The fourth-order valence-corrected chi connectivity index (χ4v) is 8.00. The van der Waals surface area contributed by atoms with Gasteiger partial charge in [0.25, 0.3) is 0 Å². The third-order valence-electron chi connectivity index (χ3n) is 6.20. The first-order valence-corrected chi connectivity index (χ1v) is 12.8. The van der Waals surface area contributed by atoms with Crippen molar-refractivity contribution in [2.45, 2.75) is 41.2 Å². The molecule has 1 aliphatic heterocycles. The van der Waals surface area contributed by atoms with E-state index in [-0.39, 0.29) is 4.31 Å². The topological polar surface area (TPSA) is 18.5 Å². The average Bonchev–Trinajstić information content (AvgIpc) is 2.84. The molecule has 0 bridgehead atoms. The summed E-state index contributed by atoms with van der Waals surface area (Å²) in [6.45, 7) is 0. The minimum atomic E-state index is 0.278. The molecule has 3 heteroatoms. The van der Waals surface area contributed by atoms with Crippen LogP contribution in [0.25, 0.3) is 0 Å². The Balaban J connectivity index is 1.78. The molecule has 0 amide bonds. The van der Waals surface area contributed by atoms with Crippen LogP contribution in [0, 0.1) is 0 Å². The summed E-state index contributed by atoms with van der Waals surface area (Å²) in [7, 11) is 3.41. The molecule has 2 unspecified atom stereocenters. The first-order valence-electron chi connectivity index (χ1n) is 10.7. The zero-order chi connectivity index (χ0) is 20.8. The Morgan fingerprint density at radius 3 is 2.13 bits per heavy atom. The molecule has 1 heterocycles. The maximum absolute atomic E-state index is 5.64. The Bertz CT molecular complexity index is 934. The monoisotopic (exact) mass is 466 g/mol. The molecule has 156 valence electrons. The Hall–Kier alpha value is -2.22. The van der Waals surface area contributed by atoms with E-state index in [1.54, 1.807) is 14.2 Å². The summed E-state index contributed by atoms with van der Waals surface area (Å²) in [6, 6.07) is 28.6. The molecule has 3 aromatic carbocycles. The normalized spacial score (nSPS) is 19.8. The Morgan fingerprint density at radius 2 is 1.50 bits per heavy atom. The van der Waals surface area contributed by atoms with Gasteiger partial charge in [-0.05, 0) is 0 Å². The van der Waals surface area contributed by atoms with Gasteiger partial charge in [0, 0.05) is 0 Å². The van der Waals surface area contributed by atoms with Crippen molar-refractivity contribution in [1.29, 1.82) is 0 Å². The van der Waals surface area contributed by atoms with Crippen LogP contribution in [-0.4, -0.2) is 29.2 Å². The van der Waals surface area contributed by atoms with Crippen LogP contribution in [0.15, 0.2) is 78.9 Å². The predicted molar refractivity (Wildman–Crippen MR) is 125 cm³/mol. The van der Waals surface area contributed by atoms with Crippen molar-refractivity contribution in [3.8, 4) is 11.5 Å². The summed E-state index contributed by atoms with van der Waals surface area (Å²) >= 11 is 0.593. The predicted octanol–water partition coefficient (Wildman–Crippen LogP) is 6.43. The van der Waals surface area contributed by atoms with E-state index in [1.807, 2.05) is 6.07 Å². The SMILES string of the molecule is COc1ccc(C(CC2(c3ccccc3)CCCC[Se]2)c2ccccc2)cc1OC. The van der Waals surface area contributed by atoms with Gasteiger partial charge >= 0.3 is 187 Å². The standard InChI is InChI=1S/C27H30O2Se/c1-28-25-16-15-22(19-26(25)29-2)24(21-11-5-3-6-12-21)20-27(17-9-10-18-30-27)23-13-7-4-8-14-23/h3-8,11-16,19,24H,9-10,17-18,20H2,1-2H3. The summed E-state index contributed by atoms with van der Waals surface area (Å²) in [5, 5.41) is 1.37. The third-order valence-corrected chi connectivity index (χ3v) is 9.66. The molecule has 1 aliphatic rings. The molecule has 2 atom stereocenters. The average molecular weight is 465 g/mol. The van der Waals surface area contributed by atoms with Crippen LogP contribution >= 0.6 is 0 Å². The zero-order valence-electron chi connectivity index (χ0n) is 17.8. The van der Waals surface area contributed by atoms with Gasteiger partial charge in [-0.3, -0.25) is 0 Å². The second-order valence-electron chi connectivity index (χ2n) is 7.95. The number of hydrogen-bond acceptors (Lipinski definition) is 2.